The van der Waals surface area contributed by atoms with Gasteiger partial charge in [0, 0.05) is 41.2 Å². The van der Waals surface area contributed by atoms with Crippen LogP contribution < -0.4 is 0 Å². The van der Waals surface area contributed by atoms with Crippen molar-refractivity contribution in [1.82, 2.24) is 24.7 Å². The molecule has 174 valence electrons. The second kappa shape index (κ2) is 8.20. The molecule has 1 saturated heterocycles. The number of pyridine rings is 1. The normalized spacial score (nSPS) is 22.9. The minimum atomic E-state index is -0.668. The van der Waals surface area contributed by atoms with Crippen LogP contribution >= 0.6 is 0 Å². The molecule has 4 heterocycles. The highest BCUT2D eigenvalue weighted by atomic mass is 19.1. The highest BCUT2D eigenvalue weighted by Crippen LogP contribution is 2.42. The lowest BCUT2D eigenvalue weighted by atomic mass is 9.87. The highest BCUT2D eigenvalue weighted by molar-refractivity contribution is 5.89. The molecule has 0 unspecified atom stereocenters. The van der Waals surface area contributed by atoms with Crippen molar-refractivity contribution >= 4 is 11.0 Å². The van der Waals surface area contributed by atoms with Crippen molar-refractivity contribution in [2.45, 2.75) is 63.7 Å². The van der Waals surface area contributed by atoms with E-state index in [-0.39, 0.29) is 23.7 Å². The molecular formula is C26H25F2N5O. The number of ether oxygens (including phenoxy) is 1. The maximum Gasteiger partial charge on any atom is 0.135 e. The summed E-state index contributed by atoms with van der Waals surface area (Å²) >= 11 is 0. The van der Waals surface area contributed by atoms with Crippen molar-refractivity contribution < 1.29 is 13.5 Å². The van der Waals surface area contributed by atoms with Crippen molar-refractivity contribution in [3.05, 3.63) is 71.4 Å². The Labute approximate surface area is 196 Å². The number of nitrogens with zero attached hydrogens (tertiary/aromatic N) is 5. The zero-order valence-corrected chi connectivity index (χ0v) is 19.1. The first-order valence-corrected chi connectivity index (χ1v) is 11.7. The van der Waals surface area contributed by atoms with E-state index in [0.29, 0.717) is 22.8 Å². The lowest BCUT2D eigenvalue weighted by Crippen LogP contribution is -2.25. The van der Waals surface area contributed by atoms with E-state index in [2.05, 4.69) is 28.2 Å². The Morgan fingerprint density at radius 1 is 1.06 bits per heavy atom. The lowest BCUT2D eigenvalue weighted by molar-refractivity contribution is -0.0506. The fraction of sp³-hybridized carbons (Fsp3) is 0.385. The number of hydrogen-bond acceptors (Lipinski definition) is 5. The number of benzene rings is 1. The second-order valence-electron chi connectivity index (χ2n) is 9.49. The summed E-state index contributed by atoms with van der Waals surface area (Å²) in [6, 6.07) is 6.00. The molecule has 0 amide bonds. The van der Waals surface area contributed by atoms with Gasteiger partial charge in [-0.3, -0.25) is 9.67 Å². The fourth-order valence-corrected chi connectivity index (χ4v) is 4.87. The minimum absolute atomic E-state index is 0.0279. The third-order valence-corrected chi connectivity index (χ3v) is 6.70. The van der Waals surface area contributed by atoms with Gasteiger partial charge in [-0.05, 0) is 57.7 Å². The molecule has 2 fully saturated rings. The summed E-state index contributed by atoms with van der Waals surface area (Å²) in [6.07, 6.45) is 9.46. The molecule has 0 N–H and O–H groups in total. The van der Waals surface area contributed by atoms with Crippen LogP contribution in [0.15, 0.2) is 42.9 Å². The number of halogens is 2. The van der Waals surface area contributed by atoms with Gasteiger partial charge in [0.05, 0.1) is 35.7 Å². The fourth-order valence-electron chi connectivity index (χ4n) is 4.87. The van der Waals surface area contributed by atoms with E-state index in [0.717, 1.165) is 35.9 Å². The van der Waals surface area contributed by atoms with Crippen LogP contribution in [0.3, 0.4) is 0 Å². The Bertz CT molecular complexity index is 1380. The quantitative estimate of drug-likeness (QED) is 0.382. The van der Waals surface area contributed by atoms with E-state index in [1.54, 1.807) is 6.20 Å². The van der Waals surface area contributed by atoms with Crippen molar-refractivity contribution in [3.63, 3.8) is 0 Å². The molecule has 8 heteroatoms. The maximum atomic E-state index is 14.8. The Kier molecular flexibility index (Phi) is 5.13. The van der Waals surface area contributed by atoms with Gasteiger partial charge in [0.1, 0.15) is 22.8 Å². The molecular weight excluding hydrogens is 436 g/mol. The SMILES string of the molecule is Cc1cnc2c(-c3ccc(F)cc3F)nc([C@H]3C[C@H](C)O[C@@H](c4cnn(C5CC5)c4)C3)cc2n1. The molecule has 6 rings (SSSR count). The van der Waals surface area contributed by atoms with Gasteiger partial charge in [-0.25, -0.2) is 18.7 Å². The molecule has 1 aliphatic heterocycles. The molecule has 34 heavy (non-hydrogen) atoms. The van der Waals surface area contributed by atoms with E-state index < -0.39 is 11.6 Å². The van der Waals surface area contributed by atoms with Gasteiger partial charge in [0.25, 0.3) is 0 Å². The Morgan fingerprint density at radius 3 is 2.71 bits per heavy atom. The Balaban J connectivity index is 1.41. The first-order chi connectivity index (χ1) is 16.4. The van der Waals surface area contributed by atoms with Crippen LogP contribution in [0.1, 0.15) is 67.6 Å². The van der Waals surface area contributed by atoms with Gasteiger partial charge in [0.15, 0.2) is 0 Å². The van der Waals surface area contributed by atoms with Crippen molar-refractivity contribution in [3.8, 4) is 11.3 Å². The summed E-state index contributed by atoms with van der Waals surface area (Å²) in [5.74, 6) is -1.21. The predicted molar refractivity (Wildman–Crippen MR) is 123 cm³/mol. The molecule has 0 spiro atoms. The smallest absolute Gasteiger partial charge is 0.135 e. The zero-order chi connectivity index (χ0) is 23.4. The largest absolute Gasteiger partial charge is 0.370 e. The average molecular weight is 462 g/mol. The van der Waals surface area contributed by atoms with Gasteiger partial charge < -0.3 is 4.74 Å². The van der Waals surface area contributed by atoms with Crippen LogP contribution in [0.2, 0.25) is 0 Å². The monoisotopic (exact) mass is 461 g/mol. The first kappa shape index (κ1) is 21.3. The highest BCUT2D eigenvalue weighted by Gasteiger charge is 2.33. The molecule has 2 aliphatic rings. The summed E-state index contributed by atoms with van der Waals surface area (Å²) in [6.45, 7) is 3.94. The molecule has 6 nitrogen and oxygen atoms in total. The molecule has 3 aromatic heterocycles. The summed E-state index contributed by atoms with van der Waals surface area (Å²) in [5.41, 5.74) is 4.41. The van der Waals surface area contributed by atoms with Gasteiger partial charge in [-0.2, -0.15) is 5.10 Å². The molecule has 1 aliphatic carbocycles. The summed E-state index contributed by atoms with van der Waals surface area (Å²) in [4.78, 5) is 14.0. The van der Waals surface area contributed by atoms with E-state index >= 15 is 0 Å². The second-order valence-corrected chi connectivity index (χ2v) is 9.49. The van der Waals surface area contributed by atoms with Crippen LogP contribution in [-0.2, 0) is 4.74 Å². The standard InChI is InChI=1S/C26H25F2N5O/c1-14-11-29-26-23(31-14)10-22(32-25(26)20-6-3-18(27)9-21(20)28)16-7-15(2)34-24(8-16)17-12-30-33(13-17)19-4-5-19/h3,6,9-13,15-16,19,24H,4-5,7-8H2,1-2H3/t15-,16-,24+/m0/s1. The van der Waals surface area contributed by atoms with Gasteiger partial charge in [-0.15, -0.1) is 0 Å². The van der Waals surface area contributed by atoms with Gasteiger partial charge >= 0.3 is 0 Å². The van der Waals surface area contributed by atoms with Crippen molar-refractivity contribution in [1.29, 1.82) is 0 Å². The van der Waals surface area contributed by atoms with Crippen molar-refractivity contribution in [2.75, 3.05) is 0 Å². The molecule has 4 aromatic rings. The topological polar surface area (TPSA) is 65.7 Å². The van der Waals surface area contributed by atoms with E-state index in [1.165, 1.54) is 25.0 Å². The van der Waals surface area contributed by atoms with Crippen LogP contribution in [0.25, 0.3) is 22.3 Å². The Morgan fingerprint density at radius 2 is 1.91 bits per heavy atom. The molecule has 1 aromatic carbocycles. The Hall–Kier alpha value is -3.26. The third kappa shape index (κ3) is 3.96. The predicted octanol–water partition coefficient (Wildman–Crippen LogP) is 5.83. The zero-order valence-electron chi connectivity index (χ0n) is 19.1. The van der Waals surface area contributed by atoms with E-state index in [1.807, 2.05) is 23.9 Å². The number of rotatable bonds is 4. The van der Waals surface area contributed by atoms with Gasteiger partial charge in [0.2, 0.25) is 0 Å². The number of aryl methyl sites for hydroxylation is 1. The summed E-state index contributed by atoms with van der Waals surface area (Å²) < 4.78 is 36.7. The summed E-state index contributed by atoms with van der Waals surface area (Å²) in [5, 5.41) is 4.53. The van der Waals surface area contributed by atoms with Crippen LogP contribution in [0, 0.1) is 18.6 Å². The van der Waals surface area contributed by atoms with Crippen LogP contribution in [-0.4, -0.2) is 30.8 Å². The van der Waals surface area contributed by atoms with E-state index in [9.17, 15) is 8.78 Å². The lowest BCUT2D eigenvalue weighted by Gasteiger charge is -2.33. The van der Waals surface area contributed by atoms with Crippen LogP contribution in [0.5, 0.6) is 0 Å². The molecule has 0 bridgehead atoms. The summed E-state index contributed by atoms with van der Waals surface area (Å²) in [7, 11) is 0. The maximum absolute atomic E-state index is 14.8. The van der Waals surface area contributed by atoms with Crippen molar-refractivity contribution in [2.24, 2.45) is 0 Å². The van der Waals surface area contributed by atoms with Gasteiger partial charge in [-0.1, -0.05) is 0 Å². The van der Waals surface area contributed by atoms with E-state index in [4.69, 9.17) is 9.72 Å². The third-order valence-electron chi connectivity index (χ3n) is 6.70. The minimum Gasteiger partial charge on any atom is -0.370 e. The number of hydrogen-bond donors (Lipinski definition) is 0. The van der Waals surface area contributed by atoms with Crippen LogP contribution in [0.4, 0.5) is 8.78 Å². The molecule has 0 radical (unpaired) electrons. The average Bonchev–Trinajstić information content (AvgIpc) is 3.54. The number of fused-ring (bicyclic) bond motifs is 1. The molecule has 1 saturated carbocycles. The first-order valence-electron chi connectivity index (χ1n) is 11.7. The molecule has 3 atom stereocenters. The number of aromatic nitrogens is 5.